The van der Waals surface area contributed by atoms with Crippen LogP contribution in [0.2, 0.25) is 0 Å². The zero-order valence-electron chi connectivity index (χ0n) is 11.6. The molecule has 4 nitrogen and oxygen atoms in total. The molecule has 0 saturated carbocycles. The van der Waals surface area contributed by atoms with Gasteiger partial charge < -0.3 is 9.84 Å². The highest BCUT2D eigenvalue weighted by Gasteiger charge is 2.05. The maximum Gasteiger partial charge on any atom is 0.214 e. The lowest BCUT2D eigenvalue weighted by molar-refractivity contribution is 0.279. The Hall–Kier alpha value is -2.46. The second-order valence-corrected chi connectivity index (χ2v) is 4.71. The number of benzene rings is 1. The highest BCUT2D eigenvalue weighted by Crippen LogP contribution is 2.22. The summed E-state index contributed by atoms with van der Waals surface area (Å²) in [5.74, 6) is 0.536. The standard InChI is InChI=1S/C17H16N2O2/c20-12-13-11-17(19-16-7-2-1-6-15(13)16)21-10-8-14-5-3-4-9-18-14/h1-7,9,11,20H,8,10,12H2. The van der Waals surface area contributed by atoms with Crippen LogP contribution in [-0.4, -0.2) is 21.7 Å². The van der Waals surface area contributed by atoms with Crippen LogP contribution in [0.15, 0.2) is 54.7 Å². The zero-order valence-corrected chi connectivity index (χ0v) is 11.6. The summed E-state index contributed by atoms with van der Waals surface area (Å²) in [6, 6.07) is 15.3. The number of aromatic nitrogens is 2. The minimum Gasteiger partial charge on any atom is -0.477 e. The van der Waals surface area contributed by atoms with Crippen molar-refractivity contribution in [1.82, 2.24) is 9.97 Å². The number of rotatable bonds is 5. The van der Waals surface area contributed by atoms with E-state index in [2.05, 4.69) is 9.97 Å². The van der Waals surface area contributed by atoms with Crippen LogP contribution in [0.4, 0.5) is 0 Å². The van der Waals surface area contributed by atoms with Gasteiger partial charge in [-0.05, 0) is 23.8 Å². The predicted octanol–water partition coefficient (Wildman–Crippen LogP) is 2.74. The fraction of sp³-hybridized carbons (Fsp3) is 0.176. The zero-order chi connectivity index (χ0) is 14.5. The molecule has 3 rings (SSSR count). The Morgan fingerprint density at radius 3 is 2.71 bits per heavy atom. The Kier molecular flexibility index (Phi) is 4.07. The van der Waals surface area contributed by atoms with Gasteiger partial charge in [-0.3, -0.25) is 4.98 Å². The number of aliphatic hydroxyl groups is 1. The molecule has 0 fully saturated rings. The summed E-state index contributed by atoms with van der Waals surface area (Å²) in [7, 11) is 0. The fourth-order valence-electron chi connectivity index (χ4n) is 2.23. The maximum atomic E-state index is 9.47. The van der Waals surface area contributed by atoms with E-state index in [1.54, 1.807) is 12.3 Å². The summed E-state index contributed by atoms with van der Waals surface area (Å²) in [6.07, 6.45) is 2.50. The van der Waals surface area contributed by atoms with Crippen molar-refractivity contribution in [3.8, 4) is 5.88 Å². The van der Waals surface area contributed by atoms with Crippen molar-refractivity contribution in [2.45, 2.75) is 13.0 Å². The molecular weight excluding hydrogens is 264 g/mol. The van der Waals surface area contributed by atoms with Crippen LogP contribution < -0.4 is 4.74 Å². The van der Waals surface area contributed by atoms with E-state index < -0.39 is 0 Å². The van der Waals surface area contributed by atoms with Crippen LogP contribution in [0.1, 0.15) is 11.3 Å². The molecule has 0 radical (unpaired) electrons. The van der Waals surface area contributed by atoms with Crippen LogP contribution in [0.3, 0.4) is 0 Å². The molecule has 0 aliphatic heterocycles. The van der Waals surface area contributed by atoms with Crippen LogP contribution in [0.5, 0.6) is 5.88 Å². The first-order valence-corrected chi connectivity index (χ1v) is 6.89. The minimum atomic E-state index is -0.0281. The minimum absolute atomic E-state index is 0.0281. The number of hydrogen-bond acceptors (Lipinski definition) is 4. The molecule has 1 N–H and O–H groups in total. The highest BCUT2D eigenvalue weighted by atomic mass is 16.5. The molecule has 0 spiro atoms. The molecule has 0 unspecified atom stereocenters. The van der Waals surface area contributed by atoms with Crippen LogP contribution in [0, 0.1) is 0 Å². The largest absolute Gasteiger partial charge is 0.477 e. The summed E-state index contributed by atoms with van der Waals surface area (Å²) >= 11 is 0. The van der Waals surface area contributed by atoms with Gasteiger partial charge in [-0.2, -0.15) is 0 Å². The van der Waals surface area contributed by atoms with E-state index in [-0.39, 0.29) is 6.61 Å². The molecule has 2 aromatic heterocycles. The Morgan fingerprint density at radius 1 is 1.05 bits per heavy atom. The van der Waals surface area contributed by atoms with E-state index in [0.29, 0.717) is 12.5 Å². The van der Waals surface area contributed by atoms with Gasteiger partial charge in [0.2, 0.25) is 5.88 Å². The first-order chi connectivity index (χ1) is 10.4. The number of nitrogens with zero attached hydrogens (tertiary/aromatic N) is 2. The summed E-state index contributed by atoms with van der Waals surface area (Å²) in [5, 5.41) is 10.4. The van der Waals surface area contributed by atoms with Crippen LogP contribution >= 0.6 is 0 Å². The van der Waals surface area contributed by atoms with Gasteiger partial charge in [-0.25, -0.2) is 4.98 Å². The van der Waals surface area contributed by atoms with E-state index in [4.69, 9.17) is 4.74 Å². The molecule has 106 valence electrons. The first kappa shape index (κ1) is 13.5. The summed E-state index contributed by atoms with van der Waals surface area (Å²) in [5.41, 5.74) is 2.64. The number of pyridine rings is 2. The summed E-state index contributed by atoms with van der Waals surface area (Å²) < 4.78 is 5.70. The molecule has 0 atom stereocenters. The van der Waals surface area contributed by atoms with E-state index >= 15 is 0 Å². The molecular formula is C17H16N2O2. The maximum absolute atomic E-state index is 9.47. The second-order valence-electron chi connectivity index (χ2n) is 4.71. The highest BCUT2D eigenvalue weighted by molar-refractivity contribution is 5.82. The quantitative estimate of drug-likeness (QED) is 0.780. The van der Waals surface area contributed by atoms with Crippen molar-refractivity contribution >= 4 is 10.9 Å². The Morgan fingerprint density at radius 2 is 1.90 bits per heavy atom. The van der Waals surface area contributed by atoms with Gasteiger partial charge in [-0.15, -0.1) is 0 Å². The molecule has 21 heavy (non-hydrogen) atoms. The molecule has 1 aromatic carbocycles. The third-order valence-corrected chi connectivity index (χ3v) is 3.28. The summed E-state index contributed by atoms with van der Waals surface area (Å²) in [4.78, 5) is 8.71. The smallest absolute Gasteiger partial charge is 0.214 e. The predicted molar refractivity (Wildman–Crippen MR) is 81.1 cm³/mol. The van der Waals surface area contributed by atoms with Gasteiger partial charge >= 0.3 is 0 Å². The van der Waals surface area contributed by atoms with E-state index in [1.165, 1.54) is 0 Å². The van der Waals surface area contributed by atoms with E-state index in [9.17, 15) is 5.11 Å². The topological polar surface area (TPSA) is 55.2 Å². The number of aliphatic hydroxyl groups excluding tert-OH is 1. The Labute approximate surface area is 123 Å². The van der Waals surface area contributed by atoms with E-state index in [0.717, 1.165) is 28.6 Å². The number of para-hydroxylation sites is 1. The van der Waals surface area contributed by atoms with Gasteiger partial charge in [0, 0.05) is 29.8 Å². The van der Waals surface area contributed by atoms with Crippen molar-refractivity contribution in [2.24, 2.45) is 0 Å². The lowest BCUT2D eigenvalue weighted by Gasteiger charge is -2.09. The van der Waals surface area contributed by atoms with Gasteiger partial charge in [0.05, 0.1) is 18.7 Å². The van der Waals surface area contributed by atoms with Crippen molar-refractivity contribution in [3.05, 3.63) is 66.0 Å². The van der Waals surface area contributed by atoms with Crippen molar-refractivity contribution in [3.63, 3.8) is 0 Å². The molecule has 0 aliphatic rings. The van der Waals surface area contributed by atoms with Gasteiger partial charge in [-0.1, -0.05) is 24.3 Å². The lowest BCUT2D eigenvalue weighted by Crippen LogP contribution is -2.04. The van der Waals surface area contributed by atoms with Gasteiger partial charge in [0.15, 0.2) is 0 Å². The molecule has 0 saturated heterocycles. The van der Waals surface area contributed by atoms with Crippen molar-refractivity contribution in [2.75, 3.05) is 6.61 Å². The molecule has 0 amide bonds. The average Bonchev–Trinajstić information content (AvgIpc) is 2.55. The monoisotopic (exact) mass is 280 g/mol. The number of fused-ring (bicyclic) bond motifs is 1. The van der Waals surface area contributed by atoms with Crippen LogP contribution in [0.25, 0.3) is 10.9 Å². The summed E-state index contributed by atoms with van der Waals surface area (Å²) in [6.45, 7) is 0.479. The van der Waals surface area contributed by atoms with Gasteiger partial charge in [0.1, 0.15) is 0 Å². The van der Waals surface area contributed by atoms with E-state index in [1.807, 2.05) is 42.5 Å². The second kappa shape index (κ2) is 6.33. The third-order valence-electron chi connectivity index (χ3n) is 3.28. The van der Waals surface area contributed by atoms with Crippen LogP contribution in [-0.2, 0) is 13.0 Å². The van der Waals surface area contributed by atoms with Gasteiger partial charge in [0.25, 0.3) is 0 Å². The lowest BCUT2D eigenvalue weighted by atomic mass is 10.1. The average molecular weight is 280 g/mol. The van der Waals surface area contributed by atoms with Crippen molar-refractivity contribution < 1.29 is 9.84 Å². The molecule has 3 aromatic rings. The normalized spacial score (nSPS) is 10.7. The molecule has 0 bridgehead atoms. The SMILES string of the molecule is OCc1cc(OCCc2ccccn2)nc2ccccc12. The third kappa shape index (κ3) is 3.17. The number of hydrogen-bond donors (Lipinski definition) is 1. The number of ether oxygens (including phenoxy) is 1. The molecule has 2 heterocycles. The fourth-order valence-corrected chi connectivity index (χ4v) is 2.23. The van der Waals surface area contributed by atoms with Crippen molar-refractivity contribution in [1.29, 1.82) is 0 Å². The first-order valence-electron chi connectivity index (χ1n) is 6.89. The Bertz CT molecular complexity index is 729. The molecule has 0 aliphatic carbocycles. The Balaban J connectivity index is 1.75. The molecule has 4 heteroatoms.